The summed E-state index contributed by atoms with van der Waals surface area (Å²) in [5.41, 5.74) is 0. The first-order valence-corrected chi connectivity index (χ1v) is 10.6. The number of aliphatic hydroxyl groups is 11. The lowest BCUT2D eigenvalue weighted by atomic mass is 9.97. The maximum absolute atomic E-state index is 10.4. The lowest BCUT2D eigenvalue weighted by Crippen LogP contribution is -2.65. The van der Waals surface area contributed by atoms with E-state index in [1.807, 2.05) is 0 Å². The molecule has 3 aliphatic rings. The first-order chi connectivity index (χ1) is 16.0. The van der Waals surface area contributed by atoms with Crippen molar-refractivity contribution in [2.75, 3.05) is 19.8 Å². The maximum atomic E-state index is 10.4. The van der Waals surface area contributed by atoms with Gasteiger partial charge < -0.3 is 79.9 Å². The van der Waals surface area contributed by atoms with Gasteiger partial charge in [-0.3, -0.25) is 0 Å². The van der Waals surface area contributed by atoms with Gasteiger partial charge in [-0.1, -0.05) is 0 Å². The summed E-state index contributed by atoms with van der Waals surface area (Å²) >= 11 is 0. The molecule has 3 rings (SSSR count). The first kappa shape index (κ1) is 27.9. The van der Waals surface area contributed by atoms with Gasteiger partial charge in [-0.05, 0) is 0 Å². The molecular formula is C18H32O16. The van der Waals surface area contributed by atoms with Gasteiger partial charge in [0.15, 0.2) is 18.9 Å². The van der Waals surface area contributed by atoms with E-state index in [0.717, 1.165) is 0 Å². The van der Waals surface area contributed by atoms with Crippen LogP contribution in [-0.4, -0.2) is 168 Å². The van der Waals surface area contributed by atoms with Crippen LogP contribution in [0.1, 0.15) is 0 Å². The predicted molar refractivity (Wildman–Crippen MR) is 101 cm³/mol. The van der Waals surface area contributed by atoms with Crippen LogP contribution in [0.15, 0.2) is 0 Å². The van der Waals surface area contributed by atoms with Crippen molar-refractivity contribution in [1.29, 1.82) is 0 Å². The number of rotatable bonds is 7. The Morgan fingerprint density at radius 2 is 1.00 bits per heavy atom. The zero-order valence-corrected chi connectivity index (χ0v) is 17.7. The molecule has 0 aromatic rings. The Morgan fingerprint density at radius 1 is 0.500 bits per heavy atom. The predicted octanol–water partition coefficient (Wildman–Crippen LogP) is -7.57. The minimum Gasteiger partial charge on any atom is -0.394 e. The minimum atomic E-state index is -1.91. The van der Waals surface area contributed by atoms with E-state index in [-0.39, 0.29) is 0 Å². The van der Waals surface area contributed by atoms with E-state index in [2.05, 4.69) is 0 Å². The van der Waals surface area contributed by atoms with Crippen molar-refractivity contribution in [1.82, 2.24) is 0 Å². The summed E-state index contributed by atoms with van der Waals surface area (Å²) in [6, 6.07) is 0. The lowest BCUT2D eigenvalue weighted by Gasteiger charge is -2.46. The van der Waals surface area contributed by atoms with E-state index in [1.54, 1.807) is 0 Å². The van der Waals surface area contributed by atoms with E-state index in [1.165, 1.54) is 0 Å². The molecule has 3 fully saturated rings. The van der Waals surface area contributed by atoms with Crippen molar-refractivity contribution < 1.29 is 79.9 Å². The van der Waals surface area contributed by atoms with Gasteiger partial charge >= 0.3 is 0 Å². The third kappa shape index (κ3) is 5.52. The number of hydrogen-bond donors (Lipinski definition) is 11. The molecule has 11 N–H and O–H groups in total. The molecule has 3 saturated heterocycles. The smallest absolute Gasteiger partial charge is 0.187 e. The van der Waals surface area contributed by atoms with Gasteiger partial charge in [0.2, 0.25) is 0 Å². The molecule has 15 atom stereocenters. The average molecular weight is 504 g/mol. The monoisotopic (exact) mass is 504 g/mol. The van der Waals surface area contributed by atoms with Crippen molar-refractivity contribution in [3.63, 3.8) is 0 Å². The Morgan fingerprint density at radius 3 is 1.53 bits per heavy atom. The number of ether oxygens (including phenoxy) is 5. The van der Waals surface area contributed by atoms with Crippen LogP contribution in [-0.2, 0) is 23.7 Å². The van der Waals surface area contributed by atoms with Gasteiger partial charge in [0, 0.05) is 0 Å². The molecule has 3 aliphatic heterocycles. The second kappa shape index (κ2) is 11.6. The molecule has 0 amide bonds. The quantitative estimate of drug-likeness (QED) is 0.154. The van der Waals surface area contributed by atoms with E-state index < -0.39 is 112 Å². The fraction of sp³-hybridized carbons (Fsp3) is 1.00. The molecule has 16 heteroatoms. The highest BCUT2D eigenvalue weighted by atomic mass is 16.7. The molecule has 0 bridgehead atoms. The van der Waals surface area contributed by atoms with Gasteiger partial charge in [0.05, 0.1) is 19.8 Å². The van der Waals surface area contributed by atoms with Crippen LogP contribution >= 0.6 is 0 Å². The molecule has 0 spiro atoms. The fourth-order valence-corrected chi connectivity index (χ4v) is 3.95. The second-order valence-electron chi connectivity index (χ2n) is 8.37. The molecule has 0 saturated carbocycles. The Labute approximate surface area is 192 Å². The van der Waals surface area contributed by atoms with Crippen LogP contribution in [0, 0.1) is 0 Å². The summed E-state index contributed by atoms with van der Waals surface area (Å²) in [5.74, 6) is 0. The molecule has 0 aliphatic carbocycles. The van der Waals surface area contributed by atoms with Crippen molar-refractivity contribution >= 4 is 0 Å². The average Bonchev–Trinajstić information content (AvgIpc) is 2.82. The summed E-state index contributed by atoms with van der Waals surface area (Å²) in [6.07, 6.45) is -25.0. The minimum absolute atomic E-state index is 0.619. The van der Waals surface area contributed by atoms with Crippen LogP contribution in [0.2, 0.25) is 0 Å². The van der Waals surface area contributed by atoms with Gasteiger partial charge in [-0.25, -0.2) is 0 Å². The van der Waals surface area contributed by atoms with Crippen LogP contribution in [0.3, 0.4) is 0 Å². The molecular weight excluding hydrogens is 472 g/mol. The summed E-state index contributed by atoms with van der Waals surface area (Å²) in [4.78, 5) is 0. The number of hydrogen-bond acceptors (Lipinski definition) is 16. The highest BCUT2D eigenvalue weighted by Crippen LogP contribution is 2.30. The molecule has 0 aromatic heterocycles. The molecule has 200 valence electrons. The van der Waals surface area contributed by atoms with Gasteiger partial charge in [0.1, 0.15) is 73.2 Å². The van der Waals surface area contributed by atoms with Crippen LogP contribution in [0.25, 0.3) is 0 Å². The van der Waals surface area contributed by atoms with Gasteiger partial charge in [-0.2, -0.15) is 0 Å². The van der Waals surface area contributed by atoms with Crippen molar-refractivity contribution in [2.24, 2.45) is 0 Å². The summed E-state index contributed by atoms with van der Waals surface area (Å²) < 4.78 is 26.4. The molecule has 0 radical (unpaired) electrons. The van der Waals surface area contributed by atoms with Gasteiger partial charge in [-0.15, -0.1) is 0 Å². The van der Waals surface area contributed by atoms with E-state index in [9.17, 15) is 56.2 Å². The van der Waals surface area contributed by atoms with Crippen LogP contribution < -0.4 is 0 Å². The van der Waals surface area contributed by atoms with Crippen LogP contribution in [0.5, 0.6) is 0 Å². The molecule has 3 heterocycles. The Balaban J connectivity index is 1.72. The zero-order chi connectivity index (χ0) is 25.3. The highest BCUT2D eigenvalue weighted by molar-refractivity contribution is 4.94. The Hall–Kier alpha value is -0.640. The van der Waals surface area contributed by atoms with Crippen LogP contribution in [0.4, 0.5) is 0 Å². The maximum Gasteiger partial charge on any atom is 0.187 e. The first-order valence-electron chi connectivity index (χ1n) is 10.6. The SMILES string of the molecule is OC[C@H]1O[C@@H](OC[C@H]2OC(O)[C@H](O)[C@@H](O)[C@@H]2O[C@H]2O[C@H](CO)[C@@H](O)[C@H](O)[C@H]2O)[C@H](O)[C@@H](O)[C@H]1O. The summed E-state index contributed by atoms with van der Waals surface area (Å²) in [7, 11) is 0. The molecule has 0 aromatic carbocycles. The highest BCUT2D eigenvalue weighted by Gasteiger charge is 2.51. The topological polar surface area (TPSA) is 269 Å². The Bertz CT molecular complexity index is 637. The van der Waals surface area contributed by atoms with Crippen molar-refractivity contribution in [3.8, 4) is 0 Å². The van der Waals surface area contributed by atoms with Gasteiger partial charge in [0.25, 0.3) is 0 Å². The van der Waals surface area contributed by atoms with E-state index in [0.29, 0.717) is 0 Å². The Kier molecular flexibility index (Phi) is 9.54. The number of aliphatic hydroxyl groups excluding tert-OH is 11. The normalized spacial score (nSPS) is 52.5. The molecule has 34 heavy (non-hydrogen) atoms. The third-order valence-electron chi connectivity index (χ3n) is 6.07. The van der Waals surface area contributed by atoms with E-state index >= 15 is 0 Å². The zero-order valence-electron chi connectivity index (χ0n) is 17.7. The van der Waals surface area contributed by atoms with E-state index in [4.69, 9.17) is 23.7 Å². The van der Waals surface area contributed by atoms with Crippen molar-refractivity contribution in [2.45, 2.75) is 92.1 Å². The standard InChI is InChI=1S/C18H32O16/c19-1-4-7(21)9(23)13(27)17(32-4)30-3-6-15(11(25)12(26)16(29)31-6)34-18-14(28)10(24)8(22)5(2-20)33-18/h4-29H,1-3H2/t4-,5-,6-,7+,8-,9+,10+,11-,12-,13-,14-,15-,16?,17-,18-/m1/s1. The summed E-state index contributed by atoms with van der Waals surface area (Å²) in [6.45, 7) is -2.08. The molecule has 1 unspecified atom stereocenters. The lowest BCUT2D eigenvalue weighted by molar-refractivity contribution is -0.363. The molecule has 16 nitrogen and oxygen atoms in total. The fourth-order valence-electron chi connectivity index (χ4n) is 3.95. The summed E-state index contributed by atoms with van der Waals surface area (Å²) in [5, 5.41) is 109. The van der Waals surface area contributed by atoms with Crippen molar-refractivity contribution in [3.05, 3.63) is 0 Å². The second-order valence-corrected chi connectivity index (χ2v) is 8.37. The largest absolute Gasteiger partial charge is 0.394 e. The third-order valence-corrected chi connectivity index (χ3v) is 6.07.